The van der Waals surface area contributed by atoms with E-state index in [9.17, 15) is 16.8 Å². The second-order valence-corrected chi connectivity index (χ2v) is 6.14. The number of anilines is 1. The number of rotatable bonds is 5. The van der Waals surface area contributed by atoms with Crippen molar-refractivity contribution in [2.45, 2.75) is 20.0 Å². The summed E-state index contributed by atoms with van der Waals surface area (Å²) in [5, 5.41) is 2.94. The van der Waals surface area contributed by atoms with Crippen molar-refractivity contribution in [3.63, 3.8) is 0 Å². The zero-order chi connectivity index (χ0) is 15.6. The first-order chi connectivity index (χ1) is 8.94. The summed E-state index contributed by atoms with van der Waals surface area (Å²) in [7, 11) is -4.46. The average molecular weight is 313 g/mol. The molecule has 20 heavy (non-hydrogen) atoms. The molecule has 0 atom stereocenters. The van der Waals surface area contributed by atoms with E-state index >= 15 is 0 Å². The van der Waals surface area contributed by atoms with E-state index in [1.807, 2.05) is 4.88 Å². The maximum atomic E-state index is 12.2. The van der Waals surface area contributed by atoms with Crippen molar-refractivity contribution < 1.29 is 21.5 Å². The van der Waals surface area contributed by atoms with E-state index in [0.717, 1.165) is 5.69 Å². The number of nitrogens with zero attached hydrogens (tertiary/aromatic N) is 3. The second-order valence-electron chi connectivity index (χ2n) is 4.59. The predicted molar refractivity (Wildman–Crippen MR) is 72.4 cm³/mol. The molecule has 0 spiro atoms. The van der Waals surface area contributed by atoms with Crippen LogP contribution in [0.1, 0.15) is 13.8 Å². The first-order valence-electron chi connectivity index (χ1n) is 5.75. The van der Waals surface area contributed by atoms with Crippen LogP contribution in [0.15, 0.2) is 28.2 Å². The Morgan fingerprint density at radius 2 is 1.75 bits per heavy atom. The van der Waals surface area contributed by atoms with Crippen molar-refractivity contribution in [1.82, 2.24) is 0 Å². The molecule has 0 aromatic heterocycles. The topological polar surface area (TPSA) is 37.2 Å². The zero-order valence-corrected chi connectivity index (χ0v) is 12.4. The van der Waals surface area contributed by atoms with Crippen LogP contribution in [0, 0.1) is 0 Å². The predicted octanol–water partition coefficient (Wildman–Crippen LogP) is 5.63. The summed E-state index contributed by atoms with van der Waals surface area (Å²) in [6.45, 7) is 3.44. The fraction of sp³-hybridized carbons (Fsp3) is 0.455. The van der Waals surface area contributed by atoms with E-state index in [1.54, 1.807) is 38.9 Å². The summed E-state index contributed by atoms with van der Waals surface area (Å²) in [5.74, 6) is 0.121. The van der Waals surface area contributed by atoms with Gasteiger partial charge < -0.3 is 0 Å². The van der Waals surface area contributed by atoms with Crippen LogP contribution < -0.4 is 9.64 Å². The Kier molecular flexibility index (Phi) is 4.59. The Balaban J connectivity index is 3.18. The molecule has 9 heteroatoms. The summed E-state index contributed by atoms with van der Waals surface area (Å²) >= 11 is 0. The normalized spacial score (nSPS) is 14.3. The molecule has 0 fully saturated rings. The van der Waals surface area contributed by atoms with Crippen LogP contribution >= 0.6 is 8.00 Å². The first-order valence-corrected chi connectivity index (χ1v) is 7.50. The molecular formula is C11H16F4N3OP. The van der Waals surface area contributed by atoms with Crippen molar-refractivity contribution in [2.75, 3.05) is 19.0 Å². The standard InChI is InChI=1S/C11H16F4N3OP/c1-8(2)19-11-7-9(18(3)4)5-6-10(11)16-17-20(12,13,14)15/h5-8H,1-4H3. The van der Waals surface area contributed by atoms with Crippen LogP contribution in [0.3, 0.4) is 0 Å². The van der Waals surface area contributed by atoms with E-state index in [-0.39, 0.29) is 17.5 Å². The molecule has 0 unspecified atom stereocenters. The summed E-state index contributed by atoms with van der Waals surface area (Å²) in [6.07, 6.45) is -0.261. The third-order valence-electron chi connectivity index (χ3n) is 2.11. The molecular weight excluding hydrogens is 297 g/mol. The van der Waals surface area contributed by atoms with E-state index in [1.165, 1.54) is 12.1 Å². The van der Waals surface area contributed by atoms with Crippen LogP contribution in [0.25, 0.3) is 0 Å². The van der Waals surface area contributed by atoms with Crippen LogP contribution in [0.4, 0.5) is 28.2 Å². The maximum absolute atomic E-state index is 12.2. The van der Waals surface area contributed by atoms with E-state index in [0.29, 0.717) is 0 Å². The van der Waals surface area contributed by atoms with Crippen LogP contribution in [0.5, 0.6) is 5.75 Å². The number of benzene rings is 1. The third kappa shape index (κ3) is 5.69. The Bertz CT molecular complexity index is 505. The van der Waals surface area contributed by atoms with Crippen LogP contribution in [-0.4, -0.2) is 20.2 Å². The Morgan fingerprint density at radius 3 is 2.20 bits per heavy atom. The van der Waals surface area contributed by atoms with Crippen molar-refractivity contribution in [3.8, 4) is 5.75 Å². The molecule has 1 aromatic carbocycles. The number of ether oxygens (including phenoxy) is 1. The van der Waals surface area contributed by atoms with E-state index < -0.39 is 8.00 Å². The van der Waals surface area contributed by atoms with Gasteiger partial charge in [0, 0.05) is 0 Å². The molecule has 1 aromatic rings. The number of hydrogen-bond acceptors (Lipinski definition) is 4. The molecule has 114 valence electrons. The molecule has 0 saturated heterocycles. The van der Waals surface area contributed by atoms with Crippen LogP contribution in [0.2, 0.25) is 0 Å². The average Bonchev–Trinajstić information content (AvgIpc) is 2.24. The molecule has 0 aliphatic carbocycles. The van der Waals surface area contributed by atoms with Crippen molar-refractivity contribution in [1.29, 1.82) is 0 Å². The fourth-order valence-electron chi connectivity index (χ4n) is 1.33. The van der Waals surface area contributed by atoms with Crippen molar-refractivity contribution in [2.24, 2.45) is 10.00 Å². The second kappa shape index (κ2) is 5.52. The molecule has 0 aliphatic heterocycles. The molecule has 0 heterocycles. The van der Waals surface area contributed by atoms with Gasteiger partial charge in [0.05, 0.1) is 0 Å². The van der Waals surface area contributed by atoms with Gasteiger partial charge in [-0.1, -0.05) is 0 Å². The monoisotopic (exact) mass is 313 g/mol. The van der Waals surface area contributed by atoms with Gasteiger partial charge in [-0.15, -0.1) is 0 Å². The van der Waals surface area contributed by atoms with Gasteiger partial charge >= 0.3 is 114 Å². The molecule has 0 amide bonds. The van der Waals surface area contributed by atoms with Gasteiger partial charge in [0.25, 0.3) is 0 Å². The van der Waals surface area contributed by atoms with Gasteiger partial charge in [-0.25, -0.2) is 0 Å². The van der Waals surface area contributed by atoms with Crippen LogP contribution in [-0.2, 0) is 0 Å². The van der Waals surface area contributed by atoms with E-state index in [4.69, 9.17) is 4.74 Å². The van der Waals surface area contributed by atoms with E-state index in [2.05, 4.69) is 5.11 Å². The molecule has 4 nitrogen and oxygen atoms in total. The first kappa shape index (κ1) is 16.6. The van der Waals surface area contributed by atoms with Crippen molar-refractivity contribution >= 4 is 19.4 Å². The summed E-state index contributed by atoms with van der Waals surface area (Å²) in [5.41, 5.74) is 0.557. The number of halogens is 4. The molecule has 0 radical (unpaired) electrons. The molecule has 0 N–H and O–H groups in total. The van der Waals surface area contributed by atoms with Crippen molar-refractivity contribution in [3.05, 3.63) is 18.2 Å². The molecule has 0 saturated carbocycles. The molecule has 0 aliphatic rings. The Morgan fingerprint density at radius 1 is 1.15 bits per heavy atom. The van der Waals surface area contributed by atoms with Gasteiger partial charge in [0.2, 0.25) is 0 Å². The van der Waals surface area contributed by atoms with Gasteiger partial charge in [-0.05, 0) is 0 Å². The SMILES string of the molecule is CC(C)Oc1cc(N(C)C)ccc1N=NP(F)(F)(F)F. The minimum absolute atomic E-state index is 0.121. The summed E-state index contributed by atoms with van der Waals surface area (Å²) in [4.78, 5) is 3.65. The summed E-state index contributed by atoms with van der Waals surface area (Å²) in [6, 6.07) is 4.37. The summed E-state index contributed by atoms with van der Waals surface area (Å²) < 4.78 is 54.1. The minimum atomic E-state index is -8.01. The Labute approximate surface area is 114 Å². The van der Waals surface area contributed by atoms with Gasteiger partial charge in [-0.3, -0.25) is 0 Å². The molecule has 1 rings (SSSR count). The zero-order valence-electron chi connectivity index (χ0n) is 11.5. The Hall–Kier alpha value is -1.43. The molecule has 0 bridgehead atoms. The van der Waals surface area contributed by atoms with Gasteiger partial charge in [0.15, 0.2) is 0 Å². The van der Waals surface area contributed by atoms with Gasteiger partial charge in [0.1, 0.15) is 0 Å². The quantitative estimate of drug-likeness (QED) is 0.401. The third-order valence-corrected chi connectivity index (χ3v) is 2.47. The fourth-order valence-corrected chi connectivity index (χ4v) is 1.56. The van der Waals surface area contributed by atoms with Gasteiger partial charge in [-0.2, -0.15) is 0 Å². The number of hydrogen-bond donors (Lipinski definition) is 0.